The molecule has 2 aromatic rings. The topological polar surface area (TPSA) is 76.5 Å². The lowest BCUT2D eigenvalue weighted by molar-refractivity contribution is -0.117. The summed E-state index contributed by atoms with van der Waals surface area (Å²) in [5.41, 5.74) is 1.32. The lowest BCUT2D eigenvalue weighted by atomic mass is 10.1. The number of piperidine rings is 1. The number of para-hydroxylation sites is 1. The van der Waals surface area contributed by atoms with Gasteiger partial charge in [0.15, 0.2) is 0 Å². The first-order valence-corrected chi connectivity index (χ1v) is 9.87. The van der Waals surface area contributed by atoms with Crippen LogP contribution in [0, 0.1) is 0 Å². The van der Waals surface area contributed by atoms with Gasteiger partial charge in [0, 0.05) is 37.0 Å². The van der Waals surface area contributed by atoms with Gasteiger partial charge in [-0.1, -0.05) is 18.2 Å². The summed E-state index contributed by atoms with van der Waals surface area (Å²) in [5.74, 6) is -0.145. The molecule has 3 rings (SSSR count). The number of hydrogen-bond acceptors (Lipinski definition) is 4. The van der Waals surface area contributed by atoms with Gasteiger partial charge in [-0.2, -0.15) is 5.10 Å². The predicted molar refractivity (Wildman–Crippen MR) is 112 cm³/mol. The summed E-state index contributed by atoms with van der Waals surface area (Å²) in [5, 5.41) is 7.32. The Morgan fingerprint density at radius 3 is 2.52 bits per heavy atom. The van der Waals surface area contributed by atoms with E-state index in [-0.39, 0.29) is 18.0 Å². The standard InChI is InChI=1S/C22H28N4O3/c1-22(2,3)29-21(28)25-13-11-18(12-14-25)24-20(27)10-9-17-15-23-26(16-17)19-7-5-4-6-8-19/h4-10,15-16,18H,11-14H2,1-3H3,(H,24,27). The molecule has 0 unspecified atom stereocenters. The highest BCUT2D eigenvalue weighted by Gasteiger charge is 2.27. The van der Waals surface area contributed by atoms with Gasteiger partial charge in [-0.05, 0) is 51.8 Å². The highest BCUT2D eigenvalue weighted by Crippen LogP contribution is 2.15. The van der Waals surface area contributed by atoms with E-state index < -0.39 is 5.60 Å². The molecular formula is C22H28N4O3. The van der Waals surface area contributed by atoms with Crippen molar-refractivity contribution in [2.24, 2.45) is 0 Å². The molecule has 29 heavy (non-hydrogen) atoms. The molecular weight excluding hydrogens is 368 g/mol. The number of nitrogens with one attached hydrogen (secondary N) is 1. The number of carbonyl (C=O) groups excluding carboxylic acids is 2. The fourth-order valence-corrected chi connectivity index (χ4v) is 3.10. The predicted octanol–water partition coefficient (Wildman–Crippen LogP) is 3.40. The van der Waals surface area contributed by atoms with E-state index in [9.17, 15) is 9.59 Å². The molecule has 0 radical (unpaired) electrons. The maximum atomic E-state index is 12.2. The van der Waals surface area contributed by atoms with Crippen molar-refractivity contribution in [3.8, 4) is 5.69 Å². The first-order chi connectivity index (χ1) is 13.8. The van der Waals surface area contributed by atoms with E-state index in [4.69, 9.17) is 4.74 Å². The molecule has 1 N–H and O–H groups in total. The van der Waals surface area contributed by atoms with Crippen LogP contribution in [-0.2, 0) is 9.53 Å². The summed E-state index contributed by atoms with van der Waals surface area (Å²) in [6.45, 7) is 6.72. The molecule has 7 heteroatoms. The van der Waals surface area contributed by atoms with E-state index >= 15 is 0 Å². The van der Waals surface area contributed by atoms with Gasteiger partial charge < -0.3 is 15.0 Å². The molecule has 154 valence electrons. The number of amides is 2. The van der Waals surface area contributed by atoms with Gasteiger partial charge in [0.05, 0.1) is 11.9 Å². The van der Waals surface area contributed by atoms with Crippen LogP contribution in [0.15, 0.2) is 48.8 Å². The number of rotatable bonds is 4. The molecule has 0 atom stereocenters. The van der Waals surface area contributed by atoms with E-state index in [1.54, 1.807) is 21.9 Å². The van der Waals surface area contributed by atoms with Crippen molar-refractivity contribution in [2.45, 2.75) is 45.3 Å². The number of likely N-dealkylation sites (tertiary alicyclic amines) is 1. The Kier molecular flexibility index (Phi) is 6.36. The third-order valence-corrected chi connectivity index (χ3v) is 4.54. The third kappa shape index (κ3) is 6.20. The lowest BCUT2D eigenvalue weighted by Crippen LogP contribution is -2.47. The van der Waals surface area contributed by atoms with E-state index in [0.717, 1.165) is 11.3 Å². The van der Waals surface area contributed by atoms with Gasteiger partial charge in [0.2, 0.25) is 5.91 Å². The van der Waals surface area contributed by atoms with Crippen molar-refractivity contribution in [2.75, 3.05) is 13.1 Å². The second-order valence-corrected chi connectivity index (χ2v) is 8.14. The number of nitrogens with zero attached hydrogens (tertiary/aromatic N) is 3. The Balaban J connectivity index is 1.46. The van der Waals surface area contributed by atoms with Crippen LogP contribution in [0.5, 0.6) is 0 Å². The molecule has 2 amide bonds. The average Bonchev–Trinajstić information content (AvgIpc) is 3.15. The van der Waals surface area contributed by atoms with E-state index in [1.165, 1.54) is 6.08 Å². The number of aromatic nitrogens is 2. The van der Waals surface area contributed by atoms with Crippen molar-refractivity contribution in [3.63, 3.8) is 0 Å². The van der Waals surface area contributed by atoms with Crippen LogP contribution in [-0.4, -0.2) is 51.4 Å². The van der Waals surface area contributed by atoms with Gasteiger partial charge in [0.25, 0.3) is 0 Å². The Morgan fingerprint density at radius 1 is 1.17 bits per heavy atom. The van der Waals surface area contributed by atoms with Crippen molar-refractivity contribution >= 4 is 18.1 Å². The molecule has 0 aliphatic carbocycles. The number of benzene rings is 1. The zero-order valence-electron chi connectivity index (χ0n) is 17.2. The lowest BCUT2D eigenvalue weighted by Gasteiger charge is -2.33. The third-order valence-electron chi connectivity index (χ3n) is 4.54. The minimum atomic E-state index is -0.499. The second-order valence-electron chi connectivity index (χ2n) is 8.14. The van der Waals surface area contributed by atoms with Crippen molar-refractivity contribution in [1.29, 1.82) is 0 Å². The van der Waals surface area contributed by atoms with Gasteiger partial charge in [-0.25, -0.2) is 9.48 Å². The first-order valence-electron chi connectivity index (χ1n) is 9.87. The monoisotopic (exact) mass is 396 g/mol. The Morgan fingerprint density at radius 2 is 1.86 bits per heavy atom. The number of hydrogen-bond donors (Lipinski definition) is 1. The molecule has 1 aromatic heterocycles. The van der Waals surface area contributed by atoms with E-state index in [1.807, 2.05) is 57.3 Å². The summed E-state index contributed by atoms with van der Waals surface area (Å²) < 4.78 is 7.16. The molecule has 0 saturated carbocycles. The van der Waals surface area contributed by atoms with Crippen LogP contribution >= 0.6 is 0 Å². The highest BCUT2D eigenvalue weighted by atomic mass is 16.6. The number of ether oxygens (including phenoxy) is 1. The van der Waals surface area contributed by atoms with Crippen LogP contribution < -0.4 is 5.32 Å². The molecule has 1 fully saturated rings. The van der Waals surface area contributed by atoms with E-state index in [2.05, 4.69) is 10.4 Å². The summed E-state index contributed by atoms with van der Waals surface area (Å²) in [7, 11) is 0. The van der Waals surface area contributed by atoms with Crippen LogP contribution in [0.25, 0.3) is 11.8 Å². The van der Waals surface area contributed by atoms with Crippen LogP contribution in [0.1, 0.15) is 39.2 Å². The zero-order chi connectivity index (χ0) is 20.9. The van der Waals surface area contributed by atoms with Crippen molar-refractivity contribution < 1.29 is 14.3 Å². The molecule has 1 aliphatic heterocycles. The Labute approximate surface area is 171 Å². The van der Waals surface area contributed by atoms with Crippen LogP contribution in [0.4, 0.5) is 4.79 Å². The summed E-state index contributed by atoms with van der Waals surface area (Å²) in [4.78, 5) is 26.0. The van der Waals surface area contributed by atoms with Crippen LogP contribution in [0.2, 0.25) is 0 Å². The van der Waals surface area contributed by atoms with Crippen LogP contribution in [0.3, 0.4) is 0 Å². The fraction of sp³-hybridized carbons (Fsp3) is 0.409. The highest BCUT2D eigenvalue weighted by molar-refractivity contribution is 5.91. The normalized spacial score (nSPS) is 15.5. The Hall–Kier alpha value is -3.09. The van der Waals surface area contributed by atoms with Gasteiger partial charge in [0.1, 0.15) is 5.60 Å². The fourth-order valence-electron chi connectivity index (χ4n) is 3.10. The zero-order valence-corrected chi connectivity index (χ0v) is 17.2. The maximum absolute atomic E-state index is 12.2. The molecule has 1 aliphatic rings. The van der Waals surface area contributed by atoms with Crippen molar-refractivity contribution in [1.82, 2.24) is 20.0 Å². The Bertz CT molecular complexity index is 860. The maximum Gasteiger partial charge on any atom is 0.410 e. The summed E-state index contributed by atoms with van der Waals surface area (Å²) in [6.07, 6.45) is 7.99. The van der Waals surface area contributed by atoms with E-state index in [0.29, 0.717) is 25.9 Å². The smallest absolute Gasteiger partial charge is 0.410 e. The molecule has 1 saturated heterocycles. The average molecular weight is 396 g/mol. The quantitative estimate of drug-likeness (QED) is 0.804. The minimum Gasteiger partial charge on any atom is -0.444 e. The molecule has 1 aromatic carbocycles. The van der Waals surface area contributed by atoms with Crippen molar-refractivity contribution in [3.05, 3.63) is 54.4 Å². The molecule has 0 bridgehead atoms. The SMILES string of the molecule is CC(C)(C)OC(=O)N1CCC(NC(=O)C=Cc2cnn(-c3ccccc3)c2)CC1. The molecule has 7 nitrogen and oxygen atoms in total. The second kappa shape index (κ2) is 8.94. The van der Waals surface area contributed by atoms with Gasteiger partial charge >= 0.3 is 6.09 Å². The van der Waals surface area contributed by atoms with Gasteiger partial charge in [-0.3, -0.25) is 4.79 Å². The summed E-state index contributed by atoms with van der Waals surface area (Å²) >= 11 is 0. The first kappa shape index (κ1) is 20.6. The molecule has 0 spiro atoms. The summed E-state index contributed by atoms with van der Waals surface area (Å²) in [6, 6.07) is 9.85. The van der Waals surface area contributed by atoms with Gasteiger partial charge in [-0.15, -0.1) is 0 Å². The number of carbonyl (C=O) groups is 2. The minimum absolute atomic E-state index is 0.0536. The molecule has 2 heterocycles. The largest absolute Gasteiger partial charge is 0.444 e.